The van der Waals surface area contributed by atoms with E-state index in [4.69, 9.17) is 10.5 Å². The molecule has 0 aromatic heterocycles. The Bertz CT molecular complexity index is 334. The Morgan fingerprint density at radius 3 is 2.63 bits per heavy atom. The minimum atomic E-state index is -0.412. The van der Waals surface area contributed by atoms with Crippen LogP contribution in [0.25, 0.3) is 0 Å². The van der Waals surface area contributed by atoms with Gasteiger partial charge in [0.2, 0.25) is 0 Å². The van der Waals surface area contributed by atoms with Crippen LogP contribution < -0.4 is 5.73 Å². The molecule has 2 rings (SSSR count). The molecule has 1 saturated heterocycles. The van der Waals surface area contributed by atoms with Crippen molar-refractivity contribution in [3.05, 3.63) is 0 Å². The summed E-state index contributed by atoms with van der Waals surface area (Å²) in [7, 11) is 0. The van der Waals surface area contributed by atoms with Gasteiger partial charge in [-0.25, -0.2) is 4.79 Å². The molecule has 0 radical (unpaired) electrons. The van der Waals surface area contributed by atoms with Crippen molar-refractivity contribution in [3.63, 3.8) is 0 Å². The third kappa shape index (κ3) is 3.85. The van der Waals surface area contributed by atoms with Gasteiger partial charge in [-0.1, -0.05) is 6.42 Å². The van der Waals surface area contributed by atoms with Gasteiger partial charge >= 0.3 is 6.09 Å². The summed E-state index contributed by atoms with van der Waals surface area (Å²) >= 11 is 0. The van der Waals surface area contributed by atoms with E-state index in [0.29, 0.717) is 6.04 Å². The van der Waals surface area contributed by atoms with Crippen molar-refractivity contribution in [2.75, 3.05) is 13.1 Å². The predicted octanol–water partition coefficient (Wildman–Crippen LogP) is 2.91. The second-order valence-electron chi connectivity index (χ2n) is 7.36. The van der Waals surface area contributed by atoms with Crippen LogP contribution in [0.4, 0.5) is 4.79 Å². The van der Waals surface area contributed by atoms with Crippen LogP contribution in [0.5, 0.6) is 0 Å². The Kier molecular flexibility index (Phi) is 4.09. The van der Waals surface area contributed by atoms with Crippen LogP contribution in [-0.4, -0.2) is 35.7 Å². The highest BCUT2D eigenvalue weighted by Crippen LogP contribution is 2.43. The van der Waals surface area contributed by atoms with Gasteiger partial charge in [0.05, 0.1) is 0 Å². The Labute approximate surface area is 116 Å². The lowest BCUT2D eigenvalue weighted by Crippen LogP contribution is -2.50. The molecule has 1 heterocycles. The molecule has 4 heteroatoms. The molecule has 0 aromatic rings. The first-order valence-electron chi connectivity index (χ1n) is 7.53. The molecule has 2 unspecified atom stereocenters. The number of hydrogen-bond acceptors (Lipinski definition) is 3. The molecule has 0 bridgehead atoms. The minimum absolute atomic E-state index is 0.161. The number of rotatable bonds is 0. The molecule has 1 amide bonds. The van der Waals surface area contributed by atoms with Crippen molar-refractivity contribution in [2.24, 2.45) is 11.1 Å². The molecule has 1 aliphatic carbocycles. The maximum atomic E-state index is 12.2. The van der Waals surface area contributed by atoms with Gasteiger partial charge in [0.15, 0.2) is 0 Å². The highest BCUT2D eigenvalue weighted by Gasteiger charge is 2.40. The monoisotopic (exact) mass is 268 g/mol. The fraction of sp³-hybridized carbons (Fsp3) is 0.933. The van der Waals surface area contributed by atoms with Crippen molar-refractivity contribution in [2.45, 2.75) is 70.9 Å². The quantitative estimate of drug-likeness (QED) is 0.735. The first-order chi connectivity index (χ1) is 8.80. The van der Waals surface area contributed by atoms with Gasteiger partial charge in [-0.2, -0.15) is 0 Å². The van der Waals surface area contributed by atoms with Crippen molar-refractivity contribution in [3.8, 4) is 0 Å². The zero-order chi connectivity index (χ0) is 14.1. The Balaban J connectivity index is 1.98. The average Bonchev–Trinajstić information content (AvgIpc) is 2.26. The van der Waals surface area contributed by atoms with Gasteiger partial charge < -0.3 is 15.4 Å². The zero-order valence-electron chi connectivity index (χ0n) is 12.6. The van der Waals surface area contributed by atoms with Crippen LogP contribution in [0.1, 0.15) is 59.3 Å². The predicted molar refractivity (Wildman–Crippen MR) is 75.9 cm³/mol. The number of ether oxygens (including phenoxy) is 1. The lowest BCUT2D eigenvalue weighted by molar-refractivity contribution is -0.00511. The van der Waals surface area contributed by atoms with Crippen LogP contribution in [0, 0.1) is 5.41 Å². The molecular weight excluding hydrogens is 240 g/mol. The highest BCUT2D eigenvalue weighted by atomic mass is 16.6. The van der Waals surface area contributed by atoms with Crippen LogP contribution in [0.2, 0.25) is 0 Å². The second-order valence-corrected chi connectivity index (χ2v) is 7.36. The molecule has 1 spiro atoms. The number of carbonyl (C=O) groups excluding carboxylic acids is 1. The van der Waals surface area contributed by atoms with E-state index in [-0.39, 0.29) is 11.5 Å². The van der Waals surface area contributed by atoms with E-state index in [1.54, 1.807) is 0 Å². The molecule has 19 heavy (non-hydrogen) atoms. The van der Waals surface area contributed by atoms with Gasteiger partial charge in [0, 0.05) is 19.1 Å². The first-order valence-corrected chi connectivity index (χ1v) is 7.53. The summed E-state index contributed by atoms with van der Waals surface area (Å²) in [6.45, 7) is 7.41. The molecule has 4 nitrogen and oxygen atoms in total. The van der Waals surface area contributed by atoms with E-state index in [0.717, 1.165) is 32.4 Å². The molecule has 2 N–H and O–H groups in total. The summed E-state index contributed by atoms with van der Waals surface area (Å²) in [4.78, 5) is 14.1. The fourth-order valence-corrected chi connectivity index (χ4v) is 3.56. The molecule has 2 atom stereocenters. The first kappa shape index (κ1) is 14.6. The van der Waals surface area contributed by atoms with Crippen LogP contribution >= 0.6 is 0 Å². The summed E-state index contributed by atoms with van der Waals surface area (Å²) < 4.78 is 5.49. The highest BCUT2D eigenvalue weighted by molar-refractivity contribution is 5.68. The third-order valence-corrected chi connectivity index (χ3v) is 4.29. The van der Waals surface area contributed by atoms with E-state index in [2.05, 4.69) is 0 Å². The van der Waals surface area contributed by atoms with Crippen molar-refractivity contribution in [1.82, 2.24) is 4.90 Å². The van der Waals surface area contributed by atoms with Crippen LogP contribution in [0.15, 0.2) is 0 Å². The average molecular weight is 268 g/mol. The Morgan fingerprint density at radius 2 is 2.00 bits per heavy atom. The zero-order valence-corrected chi connectivity index (χ0v) is 12.6. The minimum Gasteiger partial charge on any atom is -0.444 e. The summed E-state index contributed by atoms with van der Waals surface area (Å²) in [5.74, 6) is 0. The number of likely N-dealkylation sites (tertiary alicyclic amines) is 1. The lowest BCUT2D eigenvalue weighted by atomic mass is 9.68. The van der Waals surface area contributed by atoms with Crippen LogP contribution in [-0.2, 0) is 4.74 Å². The largest absolute Gasteiger partial charge is 0.444 e. The van der Waals surface area contributed by atoms with Gasteiger partial charge in [-0.15, -0.1) is 0 Å². The topological polar surface area (TPSA) is 55.6 Å². The standard InChI is InChI=1S/C15H28N2O2/c1-14(2,3)19-13(18)17-9-5-8-15(11-17)7-4-6-12(16)10-15/h12H,4-11,16H2,1-3H3. The number of amides is 1. The smallest absolute Gasteiger partial charge is 0.410 e. The summed E-state index contributed by atoms with van der Waals surface area (Å²) in [5.41, 5.74) is 5.97. The van der Waals surface area contributed by atoms with Gasteiger partial charge in [-0.3, -0.25) is 0 Å². The van der Waals surface area contributed by atoms with E-state index in [9.17, 15) is 4.79 Å². The maximum Gasteiger partial charge on any atom is 0.410 e. The lowest BCUT2D eigenvalue weighted by Gasteiger charge is -2.46. The third-order valence-electron chi connectivity index (χ3n) is 4.29. The SMILES string of the molecule is CC(C)(C)OC(=O)N1CCCC2(CCCC(N)C2)C1. The maximum absolute atomic E-state index is 12.2. The van der Waals surface area contributed by atoms with Crippen molar-refractivity contribution < 1.29 is 9.53 Å². The second kappa shape index (κ2) is 5.31. The summed E-state index contributed by atoms with van der Waals surface area (Å²) in [6.07, 6.45) is 6.72. The number of piperidine rings is 1. The van der Waals surface area contributed by atoms with Crippen LogP contribution in [0.3, 0.4) is 0 Å². The van der Waals surface area contributed by atoms with Crippen molar-refractivity contribution in [1.29, 1.82) is 0 Å². The van der Waals surface area contributed by atoms with Gasteiger partial charge in [-0.05, 0) is 58.3 Å². The molecule has 110 valence electrons. The number of nitrogens with two attached hydrogens (primary N) is 1. The van der Waals surface area contributed by atoms with Gasteiger partial charge in [0.1, 0.15) is 5.60 Å². The molecule has 2 fully saturated rings. The number of nitrogens with zero attached hydrogens (tertiary/aromatic N) is 1. The number of carbonyl (C=O) groups is 1. The van der Waals surface area contributed by atoms with E-state index in [1.165, 1.54) is 19.3 Å². The molecule has 0 aromatic carbocycles. The van der Waals surface area contributed by atoms with E-state index < -0.39 is 5.60 Å². The Morgan fingerprint density at radius 1 is 1.32 bits per heavy atom. The summed E-state index contributed by atoms with van der Waals surface area (Å²) in [5, 5.41) is 0. The van der Waals surface area contributed by atoms with E-state index in [1.807, 2.05) is 25.7 Å². The molecule has 1 aliphatic heterocycles. The molecule has 1 saturated carbocycles. The normalized spacial score (nSPS) is 32.4. The van der Waals surface area contributed by atoms with E-state index >= 15 is 0 Å². The molecule has 2 aliphatic rings. The molecular formula is C15H28N2O2. The Hall–Kier alpha value is -0.770. The number of hydrogen-bond donors (Lipinski definition) is 1. The summed E-state index contributed by atoms with van der Waals surface area (Å²) in [6, 6.07) is 0.312. The fourth-order valence-electron chi connectivity index (χ4n) is 3.56. The van der Waals surface area contributed by atoms with Gasteiger partial charge in [0.25, 0.3) is 0 Å². The van der Waals surface area contributed by atoms with Crippen molar-refractivity contribution >= 4 is 6.09 Å².